The Hall–Kier alpha value is -4.46. The van der Waals surface area contributed by atoms with Gasteiger partial charge in [-0.05, 0) is 42.8 Å². The summed E-state index contributed by atoms with van der Waals surface area (Å²) in [6.07, 6.45) is -4.84. The number of alkyl halides is 3. The highest BCUT2D eigenvalue weighted by Crippen LogP contribution is 2.40. The molecule has 0 unspecified atom stereocenters. The molecule has 38 heavy (non-hydrogen) atoms. The van der Waals surface area contributed by atoms with Crippen molar-refractivity contribution in [2.45, 2.75) is 26.3 Å². The average molecular weight is 558 g/mol. The Labute approximate surface area is 215 Å². The van der Waals surface area contributed by atoms with Gasteiger partial charge in [-0.15, -0.1) is 0 Å². The van der Waals surface area contributed by atoms with Gasteiger partial charge in [-0.1, -0.05) is 11.6 Å². The molecule has 0 bridgehead atoms. The summed E-state index contributed by atoms with van der Waals surface area (Å²) in [5.41, 5.74) is -2.55. The number of hydrogen-bond acceptors (Lipinski definition) is 7. The van der Waals surface area contributed by atoms with Crippen molar-refractivity contribution in [3.8, 4) is 11.5 Å². The lowest BCUT2D eigenvalue weighted by Gasteiger charge is -2.17. The Morgan fingerprint density at radius 2 is 1.84 bits per heavy atom. The van der Waals surface area contributed by atoms with E-state index < -0.39 is 70.4 Å². The molecule has 200 valence electrons. The summed E-state index contributed by atoms with van der Waals surface area (Å²) in [7, 11) is 0. The van der Waals surface area contributed by atoms with Crippen molar-refractivity contribution >= 4 is 35.1 Å². The fraction of sp³-hybridized carbons (Fsp3) is 0.174. The first kappa shape index (κ1) is 28.1. The Morgan fingerprint density at radius 3 is 2.45 bits per heavy atom. The second-order valence-electron chi connectivity index (χ2n) is 7.59. The Morgan fingerprint density at radius 1 is 1.13 bits per heavy atom. The number of esters is 1. The van der Waals surface area contributed by atoms with E-state index in [4.69, 9.17) is 21.4 Å². The summed E-state index contributed by atoms with van der Waals surface area (Å²) >= 11 is 5.78. The topological polar surface area (TPSA) is 137 Å². The largest absolute Gasteiger partial charge is 0.481 e. The molecule has 0 fully saturated rings. The maximum atomic E-state index is 13.4. The molecule has 2 N–H and O–H groups in total. The zero-order valence-corrected chi connectivity index (χ0v) is 19.9. The fourth-order valence-corrected chi connectivity index (χ4v) is 3.25. The first-order valence-electron chi connectivity index (χ1n) is 10.3. The predicted molar refractivity (Wildman–Crippen MR) is 122 cm³/mol. The summed E-state index contributed by atoms with van der Waals surface area (Å²) in [5, 5.41) is 13.7. The number of hydrogen-bond donors (Lipinski definition) is 2. The van der Waals surface area contributed by atoms with Crippen molar-refractivity contribution in [2.24, 2.45) is 0 Å². The highest BCUT2D eigenvalue weighted by atomic mass is 35.5. The summed E-state index contributed by atoms with van der Waals surface area (Å²) in [6, 6.07) is 5.37. The van der Waals surface area contributed by atoms with E-state index in [9.17, 15) is 36.7 Å². The molecule has 0 atom stereocenters. The van der Waals surface area contributed by atoms with Gasteiger partial charge < -0.3 is 19.9 Å². The Balaban J connectivity index is 1.89. The van der Waals surface area contributed by atoms with Crippen LogP contribution in [0.4, 0.5) is 23.2 Å². The van der Waals surface area contributed by atoms with Gasteiger partial charge in [0.25, 0.3) is 11.5 Å². The lowest BCUT2D eigenvalue weighted by atomic mass is 10.1. The Bertz CT molecular complexity index is 1470. The van der Waals surface area contributed by atoms with Crippen LogP contribution in [0.1, 0.15) is 27.9 Å². The molecule has 2 aromatic carbocycles. The van der Waals surface area contributed by atoms with Crippen LogP contribution in [-0.2, 0) is 27.2 Å². The van der Waals surface area contributed by atoms with Gasteiger partial charge in [0, 0.05) is 6.07 Å². The van der Waals surface area contributed by atoms with Gasteiger partial charge in [-0.3, -0.25) is 19.2 Å². The minimum Gasteiger partial charge on any atom is -0.481 e. The maximum Gasteiger partial charge on any atom is 0.417 e. The molecule has 15 heteroatoms. The molecule has 3 rings (SSSR count). The molecule has 0 aliphatic heterocycles. The van der Waals surface area contributed by atoms with Crippen LogP contribution < -0.4 is 15.6 Å². The summed E-state index contributed by atoms with van der Waals surface area (Å²) in [6.45, 7) is 0.737. The number of carboxylic acid groups (broad SMARTS) is 1. The monoisotopic (exact) mass is 557 g/mol. The minimum absolute atomic E-state index is 0.0300. The fourth-order valence-electron chi connectivity index (χ4n) is 2.98. The van der Waals surface area contributed by atoms with Crippen molar-refractivity contribution in [1.82, 2.24) is 9.78 Å². The smallest absolute Gasteiger partial charge is 0.417 e. The van der Waals surface area contributed by atoms with Gasteiger partial charge in [0.2, 0.25) is 0 Å². The van der Waals surface area contributed by atoms with Crippen LogP contribution in [-0.4, -0.2) is 32.7 Å². The molecule has 0 saturated heterocycles. The third kappa shape index (κ3) is 7.06. The lowest BCUT2D eigenvalue weighted by molar-refractivity contribution is -0.154. The second kappa shape index (κ2) is 11.3. The van der Waals surface area contributed by atoms with Crippen LogP contribution in [0.25, 0.3) is 0 Å². The quantitative estimate of drug-likeness (QED) is 0.236. The van der Waals surface area contributed by atoms with E-state index in [1.807, 2.05) is 0 Å². The van der Waals surface area contributed by atoms with Crippen LogP contribution >= 0.6 is 11.6 Å². The first-order valence-corrected chi connectivity index (χ1v) is 10.7. The molecular weight excluding hydrogens is 542 g/mol. The summed E-state index contributed by atoms with van der Waals surface area (Å²) in [4.78, 5) is 46.9. The summed E-state index contributed by atoms with van der Waals surface area (Å²) in [5.74, 6) is -4.78. The second-order valence-corrected chi connectivity index (χ2v) is 8.00. The number of carbonyl (C=O) groups is 3. The van der Waals surface area contributed by atoms with E-state index in [0.717, 1.165) is 30.5 Å². The third-order valence-electron chi connectivity index (χ3n) is 4.75. The SMILES string of the molecule is Cc1cc(F)ccc1Oc1cc(C(F)(F)F)c(Cl)cc1C(=O)Nc1cnn(COC(=O)CC(=O)O)c(=O)c1. The summed E-state index contributed by atoms with van der Waals surface area (Å²) < 4.78 is 64.5. The zero-order valence-electron chi connectivity index (χ0n) is 19.1. The molecule has 1 amide bonds. The third-order valence-corrected chi connectivity index (χ3v) is 5.06. The normalized spacial score (nSPS) is 11.1. The van der Waals surface area contributed by atoms with Gasteiger partial charge in [0.15, 0.2) is 6.73 Å². The lowest BCUT2D eigenvalue weighted by Crippen LogP contribution is -2.26. The van der Waals surface area contributed by atoms with E-state index in [2.05, 4.69) is 15.2 Å². The van der Waals surface area contributed by atoms with Crippen molar-refractivity contribution in [3.63, 3.8) is 0 Å². The predicted octanol–water partition coefficient (Wildman–Crippen LogP) is 4.38. The Kier molecular flexibility index (Phi) is 8.36. The molecule has 1 aromatic heterocycles. The highest BCUT2D eigenvalue weighted by Gasteiger charge is 2.35. The molecule has 0 radical (unpaired) electrons. The van der Waals surface area contributed by atoms with E-state index in [0.29, 0.717) is 10.7 Å². The van der Waals surface area contributed by atoms with Crippen LogP contribution in [0.3, 0.4) is 0 Å². The number of anilines is 1. The standard InChI is InChI=1S/C23H16ClF4N3O7/c1-11-4-12(25)2-3-17(11)38-18-7-15(23(26,27)28)16(24)6-14(18)22(36)30-13-5-19(32)31(29-9-13)10-37-21(35)8-20(33)34/h2-7,9H,8,10H2,1H3,(H,30,36)(H,33,34). The van der Waals surface area contributed by atoms with E-state index in [1.165, 1.54) is 13.0 Å². The number of rotatable bonds is 8. The molecule has 0 spiro atoms. The number of halogens is 5. The molecule has 0 aliphatic rings. The number of carbonyl (C=O) groups excluding carboxylic acids is 2. The van der Waals surface area contributed by atoms with Gasteiger partial charge in [-0.25, -0.2) is 4.39 Å². The van der Waals surface area contributed by atoms with Gasteiger partial charge in [0.05, 0.1) is 28.0 Å². The van der Waals surface area contributed by atoms with Crippen molar-refractivity contribution < 1.29 is 46.5 Å². The number of nitrogens with one attached hydrogen (secondary N) is 1. The maximum absolute atomic E-state index is 13.4. The van der Waals surface area contributed by atoms with Gasteiger partial charge in [-0.2, -0.15) is 23.0 Å². The van der Waals surface area contributed by atoms with Crippen LogP contribution in [0.2, 0.25) is 5.02 Å². The zero-order chi connectivity index (χ0) is 28.2. The number of aryl methyl sites for hydroxylation is 1. The van der Waals surface area contributed by atoms with Crippen molar-refractivity contribution in [2.75, 3.05) is 5.32 Å². The van der Waals surface area contributed by atoms with Crippen molar-refractivity contribution in [3.05, 3.63) is 80.5 Å². The first-order chi connectivity index (χ1) is 17.7. The number of amides is 1. The number of carboxylic acids is 1. The van der Waals surface area contributed by atoms with E-state index in [1.54, 1.807) is 0 Å². The molecule has 1 heterocycles. The highest BCUT2D eigenvalue weighted by molar-refractivity contribution is 6.32. The van der Waals surface area contributed by atoms with Crippen molar-refractivity contribution in [1.29, 1.82) is 0 Å². The number of aromatic nitrogens is 2. The average Bonchev–Trinajstić information content (AvgIpc) is 2.79. The minimum atomic E-state index is -4.88. The van der Waals surface area contributed by atoms with Crippen LogP contribution in [0, 0.1) is 12.7 Å². The molecule has 3 aromatic rings. The van der Waals surface area contributed by atoms with Gasteiger partial charge in [0.1, 0.15) is 23.7 Å². The molecular formula is C23H16ClF4N3O7. The van der Waals surface area contributed by atoms with Crippen LogP contribution in [0.15, 0.2) is 47.4 Å². The van der Waals surface area contributed by atoms with E-state index >= 15 is 0 Å². The number of ether oxygens (including phenoxy) is 2. The molecule has 0 saturated carbocycles. The molecule has 10 nitrogen and oxygen atoms in total. The number of aliphatic carboxylic acids is 1. The number of benzene rings is 2. The van der Waals surface area contributed by atoms with Gasteiger partial charge >= 0.3 is 18.1 Å². The van der Waals surface area contributed by atoms with Crippen LogP contribution in [0.5, 0.6) is 11.5 Å². The number of nitrogens with zero attached hydrogens (tertiary/aromatic N) is 2. The molecule has 0 aliphatic carbocycles. The van der Waals surface area contributed by atoms with E-state index in [-0.39, 0.29) is 17.0 Å².